The number of pyridine rings is 1. The van der Waals surface area contributed by atoms with E-state index in [4.69, 9.17) is 4.52 Å². The highest BCUT2D eigenvalue weighted by Gasteiger charge is 2.26. The number of rotatable bonds is 8. The molecule has 0 unspecified atom stereocenters. The fourth-order valence-electron chi connectivity index (χ4n) is 3.46. The molecule has 3 aromatic rings. The minimum Gasteiger partial charge on any atom is -0.339 e. The van der Waals surface area contributed by atoms with E-state index in [0.717, 1.165) is 36.5 Å². The number of aryl methyl sites for hydroxylation is 2. The van der Waals surface area contributed by atoms with E-state index in [0.29, 0.717) is 42.4 Å². The second-order valence-corrected chi connectivity index (χ2v) is 10.8. The van der Waals surface area contributed by atoms with Gasteiger partial charge in [0.25, 0.3) is 0 Å². The standard InChI is InChI=1S/C22H25FN4O3S2/c1-16-7-8-17(14-19(16)23)22-25-20(30-26-22)6-5-13-31-21-10-9-18(15-24-21)32(28,29)27-11-3-2-4-12-27/h7-10,14-15H,2-6,11-13H2,1H3. The summed E-state index contributed by atoms with van der Waals surface area (Å²) in [5.41, 5.74) is 1.15. The zero-order valence-electron chi connectivity index (χ0n) is 17.8. The first-order valence-corrected chi connectivity index (χ1v) is 13.0. The maximum Gasteiger partial charge on any atom is 0.244 e. The molecular weight excluding hydrogens is 451 g/mol. The summed E-state index contributed by atoms with van der Waals surface area (Å²) < 4.78 is 45.9. The van der Waals surface area contributed by atoms with E-state index in [-0.39, 0.29) is 10.7 Å². The number of hydrogen-bond donors (Lipinski definition) is 0. The summed E-state index contributed by atoms with van der Waals surface area (Å²) in [7, 11) is -3.46. The van der Waals surface area contributed by atoms with Gasteiger partial charge in [0, 0.05) is 31.3 Å². The topological polar surface area (TPSA) is 89.2 Å². The zero-order valence-corrected chi connectivity index (χ0v) is 19.5. The molecule has 1 aliphatic rings. The van der Waals surface area contributed by atoms with Crippen LogP contribution in [0.25, 0.3) is 11.4 Å². The Morgan fingerprint density at radius 2 is 1.97 bits per heavy atom. The van der Waals surface area contributed by atoms with Crippen molar-refractivity contribution in [3.05, 3.63) is 53.8 Å². The van der Waals surface area contributed by atoms with Gasteiger partial charge in [-0.25, -0.2) is 17.8 Å². The SMILES string of the molecule is Cc1ccc(-c2noc(CCCSc3ccc(S(=O)(=O)N4CCCCC4)cn3)n2)cc1F. The quantitative estimate of drug-likeness (QED) is 0.350. The Hall–Kier alpha value is -2.30. The van der Waals surface area contributed by atoms with Gasteiger partial charge in [0.05, 0.1) is 5.03 Å². The molecule has 170 valence electrons. The molecule has 1 fully saturated rings. The largest absolute Gasteiger partial charge is 0.339 e. The minimum atomic E-state index is -3.46. The van der Waals surface area contributed by atoms with Crippen molar-refractivity contribution in [1.29, 1.82) is 0 Å². The summed E-state index contributed by atoms with van der Waals surface area (Å²) in [6.07, 6.45) is 5.71. The van der Waals surface area contributed by atoms with Crippen molar-refractivity contribution in [3.8, 4) is 11.4 Å². The Bertz CT molecular complexity index is 1160. The first-order valence-electron chi connectivity index (χ1n) is 10.6. The molecule has 2 aromatic heterocycles. The van der Waals surface area contributed by atoms with Gasteiger partial charge in [-0.2, -0.15) is 9.29 Å². The first kappa shape index (κ1) is 22.9. The summed E-state index contributed by atoms with van der Waals surface area (Å²) in [6.45, 7) is 2.86. The molecule has 10 heteroatoms. The summed E-state index contributed by atoms with van der Waals surface area (Å²) in [6, 6.07) is 8.24. The highest BCUT2D eigenvalue weighted by atomic mass is 32.2. The fraction of sp³-hybridized carbons (Fsp3) is 0.409. The molecule has 0 spiro atoms. The van der Waals surface area contributed by atoms with Crippen LogP contribution in [0.1, 0.15) is 37.1 Å². The molecular formula is C22H25FN4O3S2. The lowest BCUT2D eigenvalue weighted by atomic mass is 10.1. The van der Waals surface area contributed by atoms with Gasteiger partial charge in [-0.1, -0.05) is 23.7 Å². The Morgan fingerprint density at radius 1 is 1.16 bits per heavy atom. The van der Waals surface area contributed by atoms with E-state index in [1.165, 1.54) is 12.3 Å². The second kappa shape index (κ2) is 10.1. The fourth-order valence-corrected chi connectivity index (χ4v) is 5.72. The smallest absolute Gasteiger partial charge is 0.244 e. The van der Waals surface area contributed by atoms with Gasteiger partial charge >= 0.3 is 0 Å². The molecule has 0 amide bonds. The molecule has 7 nitrogen and oxygen atoms in total. The molecule has 0 atom stereocenters. The third-order valence-electron chi connectivity index (χ3n) is 5.35. The van der Waals surface area contributed by atoms with E-state index in [2.05, 4.69) is 15.1 Å². The Kier molecular flexibility index (Phi) is 7.22. The average molecular weight is 477 g/mol. The Morgan fingerprint density at radius 3 is 2.69 bits per heavy atom. The normalized spacial score (nSPS) is 15.2. The van der Waals surface area contributed by atoms with Crippen LogP contribution >= 0.6 is 11.8 Å². The van der Waals surface area contributed by atoms with Crippen molar-refractivity contribution in [1.82, 2.24) is 19.4 Å². The van der Waals surface area contributed by atoms with Gasteiger partial charge < -0.3 is 4.52 Å². The van der Waals surface area contributed by atoms with Crippen molar-refractivity contribution < 1.29 is 17.3 Å². The van der Waals surface area contributed by atoms with Gasteiger partial charge in [0.1, 0.15) is 10.7 Å². The molecule has 0 N–H and O–H groups in total. The van der Waals surface area contributed by atoms with Crippen molar-refractivity contribution in [2.75, 3.05) is 18.8 Å². The molecule has 1 aliphatic heterocycles. The number of piperidine rings is 1. The maximum atomic E-state index is 13.7. The van der Waals surface area contributed by atoms with Crippen molar-refractivity contribution >= 4 is 21.8 Å². The molecule has 4 rings (SSSR count). The number of thioether (sulfide) groups is 1. The van der Waals surface area contributed by atoms with Gasteiger partial charge in [-0.3, -0.25) is 0 Å². The maximum absolute atomic E-state index is 13.7. The van der Waals surface area contributed by atoms with E-state index in [9.17, 15) is 12.8 Å². The molecule has 0 bridgehead atoms. The lowest BCUT2D eigenvalue weighted by Gasteiger charge is -2.25. The third kappa shape index (κ3) is 5.36. The van der Waals surface area contributed by atoms with Crippen LogP contribution in [-0.4, -0.2) is 46.7 Å². The monoisotopic (exact) mass is 476 g/mol. The van der Waals surface area contributed by atoms with Crippen LogP contribution in [0, 0.1) is 12.7 Å². The highest BCUT2D eigenvalue weighted by Crippen LogP contribution is 2.23. The lowest BCUT2D eigenvalue weighted by molar-refractivity contribution is 0.346. The molecule has 1 saturated heterocycles. The van der Waals surface area contributed by atoms with E-state index < -0.39 is 10.0 Å². The number of halogens is 1. The molecule has 0 saturated carbocycles. The highest BCUT2D eigenvalue weighted by molar-refractivity contribution is 7.99. The van der Waals surface area contributed by atoms with Crippen LogP contribution in [-0.2, 0) is 16.4 Å². The van der Waals surface area contributed by atoms with Crippen molar-refractivity contribution in [2.45, 2.75) is 48.9 Å². The second-order valence-electron chi connectivity index (χ2n) is 7.72. The molecule has 3 heterocycles. The van der Waals surface area contributed by atoms with Crippen molar-refractivity contribution in [2.24, 2.45) is 0 Å². The Labute approximate surface area is 191 Å². The van der Waals surface area contributed by atoms with Gasteiger partial charge in [0.15, 0.2) is 0 Å². The molecule has 32 heavy (non-hydrogen) atoms. The number of benzene rings is 1. The van der Waals surface area contributed by atoms with Crippen LogP contribution in [0.2, 0.25) is 0 Å². The number of aromatic nitrogens is 3. The van der Waals surface area contributed by atoms with Crippen LogP contribution < -0.4 is 0 Å². The van der Waals surface area contributed by atoms with Crippen LogP contribution in [0.15, 0.2) is 51.0 Å². The number of sulfonamides is 1. The number of nitrogens with zero attached hydrogens (tertiary/aromatic N) is 4. The summed E-state index contributed by atoms with van der Waals surface area (Å²) in [5, 5.41) is 4.70. The Balaban J connectivity index is 1.27. The summed E-state index contributed by atoms with van der Waals surface area (Å²) >= 11 is 1.54. The third-order valence-corrected chi connectivity index (χ3v) is 8.26. The van der Waals surface area contributed by atoms with Crippen molar-refractivity contribution in [3.63, 3.8) is 0 Å². The predicted molar refractivity (Wildman–Crippen MR) is 120 cm³/mol. The van der Waals surface area contributed by atoms with Gasteiger partial charge in [-0.05, 0) is 55.7 Å². The average Bonchev–Trinajstić information content (AvgIpc) is 3.28. The van der Waals surface area contributed by atoms with Gasteiger partial charge in [-0.15, -0.1) is 11.8 Å². The summed E-state index contributed by atoms with van der Waals surface area (Å²) in [5.74, 6) is 1.34. The first-order chi connectivity index (χ1) is 15.4. The molecule has 1 aromatic carbocycles. The number of hydrogen-bond acceptors (Lipinski definition) is 7. The van der Waals surface area contributed by atoms with Crippen LogP contribution in [0.3, 0.4) is 0 Å². The van der Waals surface area contributed by atoms with E-state index in [1.54, 1.807) is 47.3 Å². The van der Waals surface area contributed by atoms with E-state index in [1.807, 2.05) is 0 Å². The molecule has 0 aliphatic carbocycles. The van der Waals surface area contributed by atoms with E-state index >= 15 is 0 Å². The van der Waals surface area contributed by atoms with Gasteiger partial charge in [0.2, 0.25) is 21.7 Å². The van der Waals surface area contributed by atoms with Crippen LogP contribution in [0.5, 0.6) is 0 Å². The lowest BCUT2D eigenvalue weighted by Crippen LogP contribution is -2.35. The molecule has 0 radical (unpaired) electrons. The minimum absolute atomic E-state index is 0.245. The van der Waals surface area contributed by atoms with Crippen LogP contribution in [0.4, 0.5) is 4.39 Å². The summed E-state index contributed by atoms with van der Waals surface area (Å²) in [4.78, 5) is 8.90. The zero-order chi connectivity index (χ0) is 22.6. The predicted octanol–water partition coefficient (Wildman–Crippen LogP) is 4.48.